The number of oxazole rings is 1. The van der Waals surface area contributed by atoms with Crippen LogP contribution in [0.1, 0.15) is 18.0 Å². The van der Waals surface area contributed by atoms with Gasteiger partial charge in [-0.25, -0.2) is 18.4 Å². The van der Waals surface area contributed by atoms with Crippen molar-refractivity contribution in [3.05, 3.63) is 58.7 Å². The van der Waals surface area contributed by atoms with Gasteiger partial charge in [0, 0.05) is 11.8 Å². The van der Waals surface area contributed by atoms with Crippen LogP contribution in [-0.4, -0.2) is 24.1 Å². The average molecular weight is 405 g/mol. The zero-order valence-corrected chi connectivity index (χ0v) is 16.2. The maximum Gasteiger partial charge on any atom is 0.195 e. The van der Waals surface area contributed by atoms with Gasteiger partial charge in [-0.15, -0.1) is 22.7 Å². The molecule has 0 atom stereocenters. The molecule has 3 aromatic heterocycles. The number of aromatic nitrogens is 2. The molecule has 0 spiro atoms. The summed E-state index contributed by atoms with van der Waals surface area (Å²) in [5.41, 5.74) is 2.14. The van der Waals surface area contributed by atoms with Crippen LogP contribution in [0.3, 0.4) is 0 Å². The van der Waals surface area contributed by atoms with Crippen LogP contribution in [0.15, 0.2) is 51.6 Å². The molecule has 0 aliphatic heterocycles. The lowest BCUT2D eigenvalue weighted by Gasteiger charge is -2.01. The predicted octanol–water partition coefficient (Wildman–Crippen LogP) is 4.56. The molecule has 4 aromatic rings. The molecule has 134 valence electrons. The SMILES string of the molecule is O=S(=O)(CCCc1nc2ccccc2o1)Cc1csc(-c2cccs2)n1. The molecular formula is C18H16N2O3S3. The van der Waals surface area contributed by atoms with E-state index in [1.807, 2.05) is 47.2 Å². The number of aryl methyl sites for hydroxylation is 1. The summed E-state index contributed by atoms with van der Waals surface area (Å²) in [6.45, 7) is 0. The highest BCUT2D eigenvalue weighted by Gasteiger charge is 2.16. The Morgan fingerprint density at radius 2 is 1.92 bits per heavy atom. The third kappa shape index (κ3) is 4.03. The van der Waals surface area contributed by atoms with Crippen LogP contribution in [0.25, 0.3) is 21.0 Å². The summed E-state index contributed by atoms with van der Waals surface area (Å²) in [7, 11) is -3.21. The summed E-state index contributed by atoms with van der Waals surface area (Å²) >= 11 is 3.08. The lowest BCUT2D eigenvalue weighted by atomic mass is 10.3. The Bertz CT molecular complexity index is 1080. The maximum absolute atomic E-state index is 12.4. The molecule has 0 saturated carbocycles. The Morgan fingerprint density at radius 3 is 2.73 bits per heavy atom. The molecule has 0 radical (unpaired) electrons. The summed E-state index contributed by atoms with van der Waals surface area (Å²) in [5.74, 6) is 0.648. The van der Waals surface area contributed by atoms with Gasteiger partial charge in [-0.1, -0.05) is 18.2 Å². The van der Waals surface area contributed by atoms with E-state index in [2.05, 4.69) is 9.97 Å². The van der Waals surface area contributed by atoms with Crippen molar-refractivity contribution in [1.29, 1.82) is 0 Å². The minimum absolute atomic E-state index is 0.0254. The van der Waals surface area contributed by atoms with Crippen molar-refractivity contribution < 1.29 is 12.8 Å². The highest BCUT2D eigenvalue weighted by atomic mass is 32.2. The molecule has 5 nitrogen and oxygen atoms in total. The summed E-state index contributed by atoms with van der Waals surface area (Å²) in [4.78, 5) is 9.89. The van der Waals surface area contributed by atoms with Crippen molar-refractivity contribution in [2.75, 3.05) is 5.75 Å². The monoisotopic (exact) mass is 404 g/mol. The molecule has 26 heavy (non-hydrogen) atoms. The Morgan fingerprint density at radius 1 is 1.04 bits per heavy atom. The Balaban J connectivity index is 1.35. The molecule has 0 N–H and O–H groups in total. The Labute approximate surface area is 159 Å². The quantitative estimate of drug-likeness (QED) is 0.451. The second-order valence-electron chi connectivity index (χ2n) is 5.89. The number of fused-ring (bicyclic) bond motifs is 1. The summed E-state index contributed by atoms with van der Waals surface area (Å²) in [5, 5.41) is 4.68. The zero-order valence-electron chi connectivity index (χ0n) is 13.8. The average Bonchev–Trinajstić information content (AvgIpc) is 3.34. The number of hydrogen-bond donors (Lipinski definition) is 0. The van der Waals surface area contributed by atoms with Gasteiger partial charge in [0.15, 0.2) is 21.3 Å². The normalized spacial score (nSPS) is 12.0. The standard InChI is InChI=1S/C18H16N2O3S3/c21-26(22,12-13-11-25-18(19-13)16-7-3-9-24-16)10-4-8-17-20-14-5-1-2-6-15(14)23-17/h1-3,5-7,9,11H,4,8,10,12H2. The van der Waals surface area contributed by atoms with Crippen LogP contribution in [0.4, 0.5) is 0 Å². The molecule has 0 aliphatic carbocycles. The molecule has 1 aromatic carbocycles. The third-order valence-corrected chi connectivity index (χ3v) is 7.41. The largest absolute Gasteiger partial charge is 0.441 e. The first-order valence-electron chi connectivity index (χ1n) is 8.12. The number of para-hydroxylation sites is 2. The van der Waals surface area contributed by atoms with Crippen molar-refractivity contribution in [3.63, 3.8) is 0 Å². The number of nitrogens with zero attached hydrogens (tertiary/aromatic N) is 2. The minimum atomic E-state index is -3.21. The molecule has 0 unspecified atom stereocenters. The fourth-order valence-electron chi connectivity index (χ4n) is 2.65. The van der Waals surface area contributed by atoms with Gasteiger partial charge in [0.25, 0.3) is 0 Å². The first-order valence-corrected chi connectivity index (χ1v) is 11.7. The number of thiazole rings is 1. The van der Waals surface area contributed by atoms with Crippen molar-refractivity contribution in [3.8, 4) is 9.88 Å². The molecule has 0 amide bonds. The third-order valence-electron chi connectivity index (χ3n) is 3.84. The van der Waals surface area contributed by atoms with E-state index in [-0.39, 0.29) is 11.5 Å². The molecule has 0 aliphatic rings. The van der Waals surface area contributed by atoms with Crippen molar-refractivity contribution in [2.45, 2.75) is 18.6 Å². The van der Waals surface area contributed by atoms with Gasteiger partial charge in [-0.2, -0.15) is 0 Å². The van der Waals surface area contributed by atoms with Gasteiger partial charge in [0.05, 0.1) is 22.1 Å². The highest BCUT2D eigenvalue weighted by Crippen LogP contribution is 2.28. The van der Waals surface area contributed by atoms with Crippen LogP contribution in [0.2, 0.25) is 0 Å². The maximum atomic E-state index is 12.4. The van der Waals surface area contributed by atoms with Gasteiger partial charge in [-0.05, 0) is 30.0 Å². The highest BCUT2D eigenvalue weighted by molar-refractivity contribution is 7.90. The second kappa shape index (κ2) is 7.30. The van der Waals surface area contributed by atoms with Gasteiger partial charge in [0.2, 0.25) is 0 Å². The Kier molecular flexibility index (Phi) is 4.88. The molecule has 4 rings (SSSR count). The van der Waals surface area contributed by atoms with Crippen LogP contribution >= 0.6 is 22.7 Å². The molecule has 8 heteroatoms. The van der Waals surface area contributed by atoms with Crippen LogP contribution < -0.4 is 0 Å². The van der Waals surface area contributed by atoms with Crippen LogP contribution in [-0.2, 0) is 22.0 Å². The molecule has 0 bridgehead atoms. The van der Waals surface area contributed by atoms with Gasteiger partial charge in [-0.3, -0.25) is 0 Å². The van der Waals surface area contributed by atoms with Crippen molar-refractivity contribution in [2.24, 2.45) is 0 Å². The molecule has 0 fully saturated rings. The summed E-state index contributed by atoms with van der Waals surface area (Å²) in [6.07, 6.45) is 0.989. The molecular weight excluding hydrogens is 388 g/mol. The fraction of sp³-hybridized carbons (Fsp3) is 0.222. The predicted molar refractivity (Wildman–Crippen MR) is 105 cm³/mol. The van der Waals surface area contributed by atoms with E-state index in [0.29, 0.717) is 24.4 Å². The first-order chi connectivity index (χ1) is 12.6. The van der Waals surface area contributed by atoms with Crippen LogP contribution in [0, 0.1) is 0 Å². The zero-order chi connectivity index (χ0) is 18.0. The summed E-state index contributed by atoms with van der Waals surface area (Å²) in [6, 6.07) is 11.5. The van der Waals surface area contributed by atoms with Crippen LogP contribution in [0.5, 0.6) is 0 Å². The summed E-state index contributed by atoms with van der Waals surface area (Å²) < 4.78 is 30.4. The van der Waals surface area contributed by atoms with E-state index < -0.39 is 9.84 Å². The number of benzene rings is 1. The van der Waals surface area contributed by atoms with Crippen molar-refractivity contribution >= 4 is 43.6 Å². The van der Waals surface area contributed by atoms with E-state index in [9.17, 15) is 8.42 Å². The number of rotatable bonds is 7. The van der Waals surface area contributed by atoms with E-state index >= 15 is 0 Å². The molecule has 3 heterocycles. The number of thiophene rings is 1. The van der Waals surface area contributed by atoms with Gasteiger partial charge >= 0.3 is 0 Å². The Hall–Kier alpha value is -2.03. The van der Waals surface area contributed by atoms with E-state index in [4.69, 9.17) is 4.42 Å². The van der Waals surface area contributed by atoms with Gasteiger partial charge in [0.1, 0.15) is 10.5 Å². The second-order valence-corrected chi connectivity index (χ2v) is 9.88. The number of sulfone groups is 1. The lowest BCUT2D eigenvalue weighted by molar-refractivity contribution is 0.523. The van der Waals surface area contributed by atoms with E-state index in [1.54, 1.807) is 11.3 Å². The topological polar surface area (TPSA) is 73.1 Å². The van der Waals surface area contributed by atoms with Gasteiger partial charge < -0.3 is 4.42 Å². The fourth-order valence-corrected chi connectivity index (χ4v) is 5.72. The molecule has 0 saturated heterocycles. The van der Waals surface area contributed by atoms with Crippen molar-refractivity contribution in [1.82, 2.24) is 9.97 Å². The smallest absolute Gasteiger partial charge is 0.195 e. The number of hydrogen-bond acceptors (Lipinski definition) is 7. The first kappa shape index (κ1) is 17.4. The van der Waals surface area contributed by atoms with E-state index in [1.165, 1.54) is 11.3 Å². The lowest BCUT2D eigenvalue weighted by Crippen LogP contribution is -2.10. The van der Waals surface area contributed by atoms with E-state index in [0.717, 1.165) is 21.0 Å². The minimum Gasteiger partial charge on any atom is -0.441 e.